The van der Waals surface area contributed by atoms with Crippen molar-refractivity contribution in [3.63, 3.8) is 0 Å². The van der Waals surface area contributed by atoms with E-state index < -0.39 is 17.2 Å². The van der Waals surface area contributed by atoms with Gasteiger partial charge in [-0.1, -0.05) is 0 Å². The summed E-state index contributed by atoms with van der Waals surface area (Å²) in [5.41, 5.74) is -0.400. The normalized spacial score (nSPS) is 17.4. The fraction of sp³-hybridized carbons (Fsp3) is 0.364. The Kier molecular flexibility index (Phi) is 2.91. The lowest BCUT2D eigenvalue weighted by Gasteiger charge is -2.37. The minimum atomic E-state index is -0.788. The van der Waals surface area contributed by atoms with Gasteiger partial charge in [-0.05, 0) is 41.3 Å². The molecule has 1 saturated carbocycles. The number of hydrogen-bond donors (Lipinski definition) is 0. The van der Waals surface area contributed by atoms with Crippen molar-refractivity contribution in [1.29, 1.82) is 0 Å². The molecule has 0 aliphatic heterocycles. The maximum atomic E-state index is 13.3. The third kappa shape index (κ3) is 1.70. The van der Waals surface area contributed by atoms with E-state index in [-0.39, 0.29) is 4.47 Å². The van der Waals surface area contributed by atoms with Gasteiger partial charge in [0.05, 0.1) is 10.0 Å². The summed E-state index contributed by atoms with van der Waals surface area (Å²) >= 11 is 3.06. The van der Waals surface area contributed by atoms with Gasteiger partial charge >= 0.3 is 0 Å². The van der Waals surface area contributed by atoms with Gasteiger partial charge in [-0.25, -0.2) is 13.6 Å². The number of hydrogen-bond acceptors (Lipinski definition) is 2. The van der Waals surface area contributed by atoms with Crippen molar-refractivity contribution < 1.29 is 13.6 Å². The molecule has 0 atom stereocenters. The Bertz CT molecular complexity index is 479. The highest BCUT2D eigenvalue weighted by atomic mass is 79.9. The van der Waals surface area contributed by atoms with Crippen LogP contribution in [0.15, 0.2) is 21.6 Å². The van der Waals surface area contributed by atoms with Crippen molar-refractivity contribution in [3.8, 4) is 0 Å². The number of carbonyl (C=O) groups excluding carboxylic acids is 1. The number of nitrogens with zero attached hydrogens (tertiary/aromatic N) is 1. The Balaban J connectivity index is 2.58. The first kappa shape index (κ1) is 11.4. The Hall–Kier alpha value is -1.06. The Morgan fingerprint density at radius 3 is 2.56 bits per heavy atom. The van der Waals surface area contributed by atoms with Gasteiger partial charge in [-0.3, -0.25) is 0 Å². The van der Waals surface area contributed by atoms with Crippen molar-refractivity contribution in [2.24, 2.45) is 4.99 Å². The van der Waals surface area contributed by atoms with Crippen LogP contribution in [0.1, 0.15) is 24.8 Å². The second-order valence-electron chi connectivity index (χ2n) is 3.84. The second kappa shape index (κ2) is 4.07. The molecule has 1 aromatic rings. The second-order valence-corrected chi connectivity index (χ2v) is 4.63. The predicted octanol–water partition coefficient (Wildman–Crippen LogP) is 3.44. The summed E-state index contributed by atoms with van der Waals surface area (Å²) in [4.78, 5) is 14.1. The smallest absolute Gasteiger partial charge is 0.211 e. The fourth-order valence-corrected chi connectivity index (χ4v) is 2.53. The van der Waals surface area contributed by atoms with Crippen LogP contribution in [0.3, 0.4) is 0 Å². The standard InChI is InChI=1S/C11H8BrF2NO/c12-10-8(4-7(13)5-9(10)14)11(15-6-16)2-1-3-11/h4-5H,1-3H2. The van der Waals surface area contributed by atoms with E-state index in [4.69, 9.17) is 0 Å². The van der Waals surface area contributed by atoms with Crippen LogP contribution >= 0.6 is 15.9 Å². The van der Waals surface area contributed by atoms with Gasteiger partial charge < -0.3 is 0 Å². The van der Waals surface area contributed by atoms with Crippen LogP contribution < -0.4 is 0 Å². The van der Waals surface area contributed by atoms with Gasteiger partial charge in [0.15, 0.2) is 0 Å². The molecule has 1 aliphatic carbocycles. The van der Waals surface area contributed by atoms with Gasteiger partial charge in [0.25, 0.3) is 0 Å². The first-order chi connectivity index (χ1) is 7.59. The first-order valence-corrected chi connectivity index (χ1v) is 5.62. The summed E-state index contributed by atoms with van der Waals surface area (Å²) in [5, 5.41) is 0. The number of isocyanates is 1. The van der Waals surface area contributed by atoms with E-state index in [0.29, 0.717) is 18.4 Å². The number of halogens is 3. The third-order valence-electron chi connectivity index (χ3n) is 2.93. The van der Waals surface area contributed by atoms with E-state index in [2.05, 4.69) is 20.9 Å². The molecule has 0 spiro atoms. The van der Waals surface area contributed by atoms with Crippen molar-refractivity contribution in [2.75, 3.05) is 0 Å². The SMILES string of the molecule is O=C=NC1(c2cc(F)cc(F)c2Br)CCC1. The fourth-order valence-electron chi connectivity index (χ4n) is 1.94. The maximum Gasteiger partial charge on any atom is 0.235 e. The molecule has 0 amide bonds. The summed E-state index contributed by atoms with van der Waals surface area (Å²) in [6.45, 7) is 0. The molecule has 1 aromatic carbocycles. The quantitative estimate of drug-likeness (QED) is 0.465. The zero-order chi connectivity index (χ0) is 11.8. The molecule has 0 N–H and O–H groups in total. The minimum absolute atomic E-state index is 0.174. The average Bonchev–Trinajstić information content (AvgIpc) is 2.17. The van der Waals surface area contributed by atoms with Gasteiger partial charge in [0.2, 0.25) is 6.08 Å². The van der Waals surface area contributed by atoms with Gasteiger partial charge in [-0.2, -0.15) is 4.99 Å². The van der Waals surface area contributed by atoms with Crippen LogP contribution in [0, 0.1) is 11.6 Å². The highest BCUT2D eigenvalue weighted by Gasteiger charge is 2.41. The molecular formula is C11H8BrF2NO. The topological polar surface area (TPSA) is 29.4 Å². The van der Waals surface area contributed by atoms with Crippen molar-refractivity contribution >= 4 is 22.0 Å². The highest BCUT2D eigenvalue weighted by molar-refractivity contribution is 9.10. The van der Waals surface area contributed by atoms with E-state index in [1.807, 2.05) is 0 Å². The number of benzene rings is 1. The lowest BCUT2D eigenvalue weighted by Crippen LogP contribution is -2.32. The molecule has 0 saturated heterocycles. The highest BCUT2D eigenvalue weighted by Crippen LogP contribution is 2.47. The summed E-state index contributed by atoms with van der Waals surface area (Å²) in [7, 11) is 0. The van der Waals surface area contributed by atoms with E-state index >= 15 is 0 Å². The molecule has 5 heteroatoms. The molecule has 84 valence electrons. The lowest BCUT2D eigenvalue weighted by molar-refractivity contribution is 0.253. The van der Waals surface area contributed by atoms with E-state index in [1.54, 1.807) is 0 Å². The average molecular weight is 288 g/mol. The number of aliphatic imine (C=N–C) groups is 1. The molecule has 16 heavy (non-hydrogen) atoms. The molecule has 0 bridgehead atoms. The summed E-state index contributed by atoms with van der Waals surface area (Å²) < 4.78 is 26.7. The van der Waals surface area contributed by atoms with Crippen LogP contribution in [0.25, 0.3) is 0 Å². The molecule has 1 aliphatic rings. The van der Waals surface area contributed by atoms with E-state index in [9.17, 15) is 13.6 Å². The van der Waals surface area contributed by atoms with Crippen LogP contribution in [-0.2, 0) is 10.3 Å². The molecule has 0 heterocycles. The minimum Gasteiger partial charge on any atom is -0.211 e. The summed E-state index contributed by atoms with van der Waals surface area (Å²) in [6.07, 6.45) is 3.60. The molecule has 1 fully saturated rings. The van der Waals surface area contributed by atoms with Crippen LogP contribution in [0.4, 0.5) is 8.78 Å². The van der Waals surface area contributed by atoms with Gasteiger partial charge in [0.1, 0.15) is 11.6 Å². The van der Waals surface area contributed by atoms with E-state index in [1.165, 1.54) is 12.1 Å². The summed E-state index contributed by atoms with van der Waals surface area (Å²) in [6, 6.07) is 2.01. The van der Waals surface area contributed by atoms with Crippen molar-refractivity contribution in [3.05, 3.63) is 33.8 Å². The van der Waals surface area contributed by atoms with Crippen LogP contribution in [0.5, 0.6) is 0 Å². The van der Waals surface area contributed by atoms with Crippen LogP contribution in [0.2, 0.25) is 0 Å². The van der Waals surface area contributed by atoms with E-state index in [0.717, 1.165) is 12.5 Å². The first-order valence-electron chi connectivity index (χ1n) is 4.83. The molecule has 2 nitrogen and oxygen atoms in total. The maximum absolute atomic E-state index is 13.3. The van der Waals surface area contributed by atoms with Gasteiger partial charge in [-0.15, -0.1) is 0 Å². The third-order valence-corrected chi connectivity index (χ3v) is 3.74. The van der Waals surface area contributed by atoms with Gasteiger partial charge in [0, 0.05) is 11.6 Å². The molecule has 0 aromatic heterocycles. The molecule has 0 radical (unpaired) electrons. The van der Waals surface area contributed by atoms with Crippen molar-refractivity contribution in [1.82, 2.24) is 0 Å². The molecule has 2 rings (SSSR count). The Morgan fingerprint density at radius 1 is 1.38 bits per heavy atom. The lowest BCUT2D eigenvalue weighted by atomic mass is 9.72. The zero-order valence-corrected chi connectivity index (χ0v) is 9.85. The molecular weight excluding hydrogens is 280 g/mol. The van der Waals surface area contributed by atoms with Crippen molar-refractivity contribution in [2.45, 2.75) is 24.8 Å². The van der Waals surface area contributed by atoms with Crippen LogP contribution in [-0.4, -0.2) is 6.08 Å². The molecule has 0 unspecified atom stereocenters. The zero-order valence-electron chi connectivity index (χ0n) is 8.27. The monoisotopic (exact) mass is 287 g/mol. The predicted molar refractivity (Wildman–Crippen MR) is 57.7 cm³/mol. The Labute approximate surface area is 99.5 Å². The summed E-state index contributed by atoms with van der Waals surface area (Å²) in [5.74, 6) is -1.34. The number of rotatable bonds is 2. The Morgan fingerprint density at radius 2 is 2.06 bits per heavy atom. The largest absolute Gasteiger partial charge is 0.235 e.